The molecule has 1 aliphatic carbocycles. The highest BCUT2D eigenvalue weighted by Crippen LogP contribution is 2.41. The van der Waals surface area contributed by atoms with E-state index in [9.17, 15) is 14.7 Å². The highest BCUT2D eigenvalue weighted by molar-refractivity contribution is 5.80. The van der Waals surface area contributed by atoms with Crippen molar-refractivity contribution >= 4 is 11.9 Å². The fourth-order valence-corrected chi connectivity index (χ4v) is 3.25. The molecule has 0 radical (unpaired) electrons. The Morgan fingerprint density at radius 3 is 2.62 bits per heavy atom. The molecule has 124 valence electrons. The van der Waals surface area contributed by atoms with Gasteiger partial charge in [-0.25, -0.2) is 0 Å². The second-order valence-electron chi connectivity index (χ2n) is 6.26. The van der Waals surface area contributed by atoms with Crippen molar-refractivity contribution in [2.24, 2.45) is 10.2 Å². The lowest BCUT2D eigenvalue weighted by Gasteiger charge is -2.15. The normalized spacial score (nSPS) is 22.5. The summed E-state index contributed by atoms with van der Waals surface area (Å²) in [4.78, 5) is 23.7. The summed E-state index contributed by atoms with van der Waals surface area (Å²) in [6.07, 6.45) is 7.73. The van der Waals surface area contributed by atoms with Crippen molar-refractivity contribution in [3.63, 3.8) is 0 Å². The second kappa shape index (κ2) is 6.44. The van der Waals surface area contributed by atoms with E-state index in [1.165, 1.54) is 0 Å². The summed E-state index contributed by atoms with van der Waals surface area (Å²) >= 11 is 0. The van der Waals surface area contributed by atoms with Crippen molar-refractivity contribution < 1.29 is 14.7 Å². The molecule has 0 fully saturated rings. The number of amides is 1. The lowest BCUT2D eigenvalue weighted by Crippen LogP contribution is -2.28. The molecule has 0 bridgehead atoms. The Morgan fingerprint density at radius 2 is 2.00 bits per heavy atom. The second-order valence-corrected chi connectivity index (χ2v) is 6.26. The summed E-state index contributed by atoms with van der Waals surface area (Å²) in [5.74, 6) is 1.02. The van der Waals surface area contributed by atoms with Crippen LogP contribution in [-0.2, 0) is 9.59 Å². The zero-order chi connectivity index (χ0) is 17.2. The number of nitrogens with one attached hydrogen (secondary N) is 1. The molecule has 0 unspecified atom stereocenters. The summed E-state index contributed by atoms with van der Waals surface area (Å²) in [6.45, 7) is 0. The van der Waals surface area contributed by atoms with Gasteiger partial charge in [0.2, 0.25) is 5.91 Å². The summed E-state index contributed by atoms with van der Waals surface area (Å²) in [6, 6.07) is 7.12. The molecular weight excluding hydrogens is 306 g/mol. The fraction of sp³-hybridized carbons (Fsp3) is 0.444. The number of aliphatic carboxylic acids is 1. The van der Waals surface area contributed by atoms with Crippen molar-refractivity contribution in [2.45, 2.75) is 49.7 Å². The molecule has 0 saturated carbocycles. The predicted octanol–water partition coefficient (Wildman–Crippen LogP) is 2.77. The molecule has 1 aromatic rings. The Balaban J connectivity index is 1.58. The Morgan fingerprint density at radius 1 is 1.29 bits per heavy atom. The Hall–Kier alpha value is -2.68. The molecule has 2 N–H and O–H groups in total. The molecular formula is C18H19N3O3. The lowest BCUT2D eigenvalue weighted by atomic mass is 10.0. The number of benzene rings is 1. The number of terminal acetylenes is 1. The van der Waals surface area contributed by atoms with Gasteiger partial charge < -0.3 is 10.4 Å². The molecule has 1 heterocycles. The SMILES string of the molecule is C#CCCC1(CCC(=O)N[C@H]2C[C@@H](C(=O)O)c3ccccc32)N=N1. The van der Waals surface area contributed by atoms with Crippen LogP contribution in [0.5, 0.6) is 0 Å². The monoisotopic (exact) mass is 325 g/mol. The van der Waals surface area contributed by atoms with Gasteiger partial charge in [0.15, 0.2) is 5.66 Å². The maximum absolute atomic E-state index is 12.3. The van der Waals surface area contributed by atoms with E-state index in [1.54, 1.807) is 0 Å². The van der Waals surface area contributed by atoms with E-state index in [1.807, 2.05) is 24.3 Å². The molecule has 6 nitrogen and oxygen atoms in total. The molecule has 1 aliphatic heterocycles. The number of hydrogen-bond acceptors (Lipinski definition) is 4. The third kappa shape index (κ3) is 3.30. The van der Waals surface area contributed by atoms with Gasteiger partial charge in [-0.2, -0.15) is 10.2 Å². The van der Waals surface area contributed by atoms with Crippen LogP contribution in [0.25, 0.3) is 0 Å². The molecule has 0 saturated heterocycles. The highest BCUT2D eigenvalue weighted by Gasteiger charge is 2.40. The van der Waals surface area contributed by atoms with Gasteiger partial charge >= 0.3 is 5.97 Å². The molecule has 1 aromatic carbocycles. The van der Waals surface area contributed by atoms with Crippen LogP contribution in [0.4, 0.5) is 0 Å². The first-order valence-electron chi connectivity index (χ1n) is 8.03. The number of rotatable bonds is 7. The van der Waals surface area contributed by atoms with Crippen molar-refractivity contribution in [3.8, 4) is 12.3 Å². The van der Waals surface area contributed by atoms with Gasteiger partial charge in [0, 0.05) is 25.7 Å². The van der Waals surface area contributed by atoms with Crippen LogP contribution in [0.1, 0.15) is 55.2 Å². The third-order valence-electron chi connectivity index (χ3n) is 4.66. The van der Waals surface area contributed by atoms with Gasteiger partial charge in [0.05, 0.1) is 12.0 Å². The van der Waals surface area contributed by atoms with Crippen LogP contribution < -0.4 is 5.32 Å². The number of nitrogens with zero attached hydrogens (tertiary/aromatic N) is 2. The number of carbonyl (C=O) groups is 2. The maximum Gasteiger partial charge on any atom is 0.311 e. The van der Waals surface area contributed by atoms with Crippen LogP contribution in [0.2, 0.25) is 0 Å². The summed E-state index contributed by atoms with van der Waals surface area (Å²) in [7, 11) is 0. The molecule has 3 rings (SSSR count). The number of carboxylic acid groups (broad SMARTS) is 1. The quantitative estimate of drug-likeness (QED) is 0.755. The van der Waals surface area contributed by atoms with Crippen LogP contribution in [0.15, 0.2) is 34.5 Å². The van der Waals surface area contributed by atoms with Gasteiger partial charge in [-0.15, -0.1) is 12.3 Å². The Labute approximate surface area is 140 Å². The average Bonchev–Trinajstić information content (AvgIpc) is 3.26. The smallest absolute Gasteiger partial charge is 0.311 e. The topological polar surface area (TPSA) is 91.1 Å². The van der Waals surface area contributed by atoms with Crippen molar-refractivity contribution in [1.82, 2.24) is 5.32 Å². The van der Waals surface area contributed by atoms with Gasteiger partial charge in [0.1, 0.15) is 0 Å². The van der Waals surface area contributed by atoms with Crippen LogP contribution >= 0.6 is 0 Å². The van der Waals surface area contributed by atoms with E-state index < -0.39 is 17.6 Å². The zero-order valence-electron chi connectivity index (χ0n) is 13.2. The van der Waals surface area contributed by atoms with Gasteiger partial charge in [-0.1, -0.05) is 24.3 Å². The van der Waals surface area contributed by atoms with Gasteiger partial charge in [-0.05, 0) is 17.5 Å². The van der Waals surface area contributed by atoms with Crippen molar-refractivity contribution in [1.29, 1.82) is 0 Å². The minimum Gasteiger partial charge on any atom is -0.481 e. The van der Waals surface area contributed by atoms with E-state index in [4.69, 9.17) is 6.42 Å². The molecule has 0 aromatic heterocycles. The summed E-state index contributed by atoms with van der Waals surface area (Å²) in [5.41, 5.74) is 1.20. The Bertz CT molecular complexity index is 729. The summed E-state index contributed by atoms with van der Waals surface area (Å²) < 4.78 is 0. The van der Waals surface area contributed by atoms with Gasteiger partial charge in [0.25, 0.3) is 0 Å². The van der Waals surface area contributed by atoms with Crippen molar-refractivity contribution in [3.05, 3.63) is 35.4 Å². The largest absolute Gasteiger partial charge is 0.481 e. The van der Waals surface area contributed by atoms with E-state index >= 15 is 0 Å². The third-order valence-corrected chi connectivity index (χ3v) is 4.66. The first-order chi connectivity index (χ1) is 11.5. The number of carboxylic acids is 1. The molecule has 24 heavy (non-hydrogen) atoms. The predicted molar refractivity (Wildman–Crippen MR) is 87.2 cm³/mol. The number of hydrogen-bond donors (Lipinski definition) is 2. The van der Waals surface area contributed by atoms with Crippen LogP contribution in [0.3, 0.4) is 0 Å². The summed E-state index contributed by atoms with van der Waals surface area (Å²) in [5, 5.41) is 20.3. The minimum absolute atomic E-state index is 0.113. The van der Waals surface area contributed by atoms with E-state index in [2.05, 4.69) is 21.5 Å². The molecule has 1 amide bonds. The van der Waals surface area contributed by atoms with E-state index in [0.29, 0.717) is 32.1 Å². The molecule has 2 atom stereocenters. The lowest BCUT2D eigenvalue weighted by molar-refractivity contribution is -0.139. The zero-order valence-corrected chi connectivity index (χ0v) is 13.2. The fourth-order valence-electron chi connectivity index (χ4n) is 3.25. The van der Waals surface area contributed by atoms with Crippen molar-refractivity contribution in [2.75, 3.05) is 0 Å². The first-order valence-corrected chi connectivity index (χ1v) is 8.03. The maximum atomic E-state index is 12.3. The minimum atomic E-state index is -0.858. The van der Waals surface area contributed by atoms with Gasteiger partial charge in [-0.3, -0.25) is 9.59 Å². The van der Waals surface area contributed by atoms with Crippen LogP contribution in [0, 0.1) is 12.3 Å². The average molecular weight is 325 g/mol. The highest BCUT2D eigenvalue weighted by atomic mass is 16.4. The number of fused-ring (bicyclic) bond motifs is 1. The number of carbonyl (C=O) groups excluding carboxylic acids is 1. The van der Waals surface area contributed by atoms with E-state index in [-0.39, 0.29) is 11.9 Å². The molecule has 0 spiro atoms. The molecule has 6 heteroatoms. The first kappa shape index (κ1) is 16.2. The standard InChI is InChI=1S/C18H19N3O3/c1-2-3-9-18(20-21-18)10-8-16(22)19-15-11-14(17(23)24)12-6-4-5-7-13(12)15/h1,4-7,14-15H,3,8-11H2,(H,19,22)(H,23,24)/t14-,15+/m1/s1. The van der Waals surface area contributed by atoms with Crippen LogP contribution in [-0.4, -0.2) is 22.6 Å². The Kier molecular flexibility index (Phi) is 4.34. The molecule has 2 aliphatic rings. The van der Waals surface area contributed by atoms with E-state index in [0.717, 1.165) is 11.1 Å².